The maximum Gasteiger partial charge on any atom is 0.191 e. The standard InChI is InChI=1S/C28H30O5S/c1-21-6-8-24(9-7-21)25-5-3-4-23(20-25)14-17-33-26-10-12-27(13-11-26)34(30,31)28(22(2)29)15-18-32-19-16-28/h3-13,20H,14-19H2,1-2H3. The Hall–Kier alpha value is -2.96. The highest BCUT2D eigenvalue weighted by molar-refractivity contribution is 7.93. The summed E-state index contributed by atoms with van der Waals surface area (Å²) in [5.74, 6) is 0.265. The van der Waals surface area contributed by atoms with E-state index >= 15 is 0 Å². The molecule has 178 valence electrons. The van der Waals surface area contributed by atoms with Crippen molar-refractivity contribution in [1.29, 1.82) is 0 Å². The molecule has 1 saturated heterocycles. The van der Waals surface area contributed by atoms with Crippen LogP contribution in [0.2, 0.25) is 0 Å². The summed E-state index contributed by atoms with van der Waals surface area (Å²) in [5.41, 5.74) is 4.74. The average Bonchev–Trinajstić information content (AvgIpc) is 2.85. The fraction of sp³-hybridized carbons (Fsp3) is 0.321. The number of sulfone groups is 1. The van der Waals surface area contributed by atoms with Crippen molar-refractivity contribution in [2.24, 2.45) is 0 Å². The van der Waals surface area contributed by atoms with E-state index in [4.69, 9.17) is 9.47 Å². The minimum Gasteiger partial charge on any atom is -0.493 e. The van der Waals surface area contributed by atoms with Gasteiger partial charge in [-0.3, -0.25) is 4.79 Å². The van der Waals surface area contributed by atoms with Crippen LogP contribution in [0.15, 0.2) is 77.7 Å². The molecule has 5 nitrogen and oxygen atoms in total. The summed E-state index contributed by atoms with van der Waals surface area (Å²) in [6.45, 7) is 4.44. The number of aryl methyl sites for hydroxylation is 1. The van der Waals surface area contributed by atoms with Gasteiger partial charge in [0, 0.05) is 19.6 Å². The second-order valence-electron chi connectivity index (χ2n) is 8.80. The van der Waals surface area contributed by atoms with Gasteiger partial charge < -0.3 is 9.47 Å². The molecule has 1 aliphatic heterocycles. The van der Waals surface area contributed by atoms with Gasteiger partial charge in [0.05, 0.1) is 11.5 Å². The van der Waals surface area contributed by atoms with Crippen LogP contribution >= 0.6 is 0 Å². The van der Waals surface area contributed by atoms with E-state index in [1.165, 1.54) is 41.3 Å². The fourth-order valence-corrected chi connectivity index (χ4v) is 6.42. The smallest absolute Gasteiger partial charge is 0.191 e. The molecule has 1 heterocycles. The van der Waals surface area contributed by atoms with Gasteiger partial charge >= 0.3 is 0 Å². The zero-order chi connectivity index (χ0) is 24.2. The number of hydrogen-bond donors (Lipinski definition) is 0. The molecule has 0 aromatic heterocycles. The van der Waals surface area contributed by atoms with Crippen LogP contribution in [0.1, 0.15) is 30.9 Å². The first-order chi connectivity index (χ1) is 16.3. The number of carbonyl (C=O) groups is 1. The Kier molecular flexibility index (Phi) is 7.19. The van der Waals surface area contributed by atoms with E-state index in [-0.39, 0.29) is 36.7 Å². The lowest BCUT2D eigenvalue weighted by molar-refractivity contribution is -0.121. The Balaban J connectivity index is 1.40. The number of benzene rings is 3. The van der Waals surface area contributed by atoms with Crippen molar-refractivity contribution in [3.63, 3.8) is 0 Å². The van der Waals surface area contributed by atoms with Gasteiger partial charge in [-0.25, -0.2) is 8.42 Å². The number of rotatable bonds is 8. The van der Waals surface area contributed by atoms with Gasteiger partial charge in [-0.1, -0.05) is 54.1 Å². The van der Waals surface area contributed by atoms with Gasteiger partial charge in [-0.15, -0.1) is 0 Å². The van der Waals surface area contributed by atoms with E-state index in [1.807, 2.05) is 6.07 Å². The molecule has 34 heavy (non-hydrogen) atoms. The van der Waals surface area contributed by atoms with Gasteiger partial charge in [-0.05, 0) is 67.6 Å². The second-order valence-corrected chi connectivity index (χ2v) is 11.1. The minimum atomic E-state index is -3.82. The third kappa shape index (κ3) is 4.93. The molecule has 0 N–H and O–H groups in total. The maximum absolute atomic E-state index is 13.3. The van der Waals surface area contributed by atoms with E-state index < -0.39 is 14.6 Å². The zero-order valence-corrected chi connectivity index (χ0v) is 20.4. The van der Waals surface area contributed by atoms with Crippen molar-refractivity contribution in [2.45, 2.75) is 42.8 Å². The summed E-state index contributed by atoms with van der Waals surface area (Å²) >= 11 is 0. The van der Waals surface area contributed by atoms with Crippen LogP contribution in [0.25, 0.3) is 11.1 Å². The van der Waals surface area contributed by atoms with Crippen LogP contribution in [0.4, 0.5) is 0 Å². The van der Waals surface area contributed by atoms with Gasteiger partial charge in [0.15, 0.2) is 15.6 Å². The molecule has 3 aromatic carbocycles. The summed E-state index contributed by atoms with van der Waals surface area (Å²) in [4.78, 5) is 12.5. The highest BCUT2D eigenvalue weighted by Gasteiger charge is 2.49. The predicted octanol–water partition coefficient (Wildman–Crippen LogP) is 5.20. The molecule has 0 amide bonds. The Labute approximate surface area is 201 Å². The lowest BCUT2D eigenvalue weighted by Crippen LogP contribution is -2.49. The molecule has 0 saturated carbocycles. The van der Waals surface area contributed by atoms with Crippen LogP contribution in [0, 0.1) is 6.92 Å². The lowest BCUT2D eigenvalue weighted by atomic mass is 9.95. The van der Waals surface area contributed by atoms with Crippen molar-refractivity contribution in [3.05, 3.63) is 83.9 Å². The van der Waals surface area contributed by atoms with E-state index in [9.17, 15) is 13.2 Å². The molecule has 0 radical (unpaired) electrons. The van der Waals surface area contributed by atoms with Crippen molar-refractivity contribution >= 4 is 15.6 Å². The number of carbonyl (C=O) groups excluding carboxylic acids is 1. The quantitative estimate of drug-likeness (QED) is 0.445. The SMILES string of the molecule is CC(=O)C1(S(=O)(=O)c2ccc(OCCc3cccc(-c4ccc(C)cc4)c3)cc2)CCOCC1. The first kappa shape index (κ1) is 24.2. The Bertz CT molecular complexity index is 1240. The van der Waals surface area contributed by atoms with Crippen molar-refractivity contribution in [3.8, 4) is 16.9 Å². The van der Waals surface area contributed by atoms with E-state index in [0.717, 1.165) is 6.42 Å². The summed E-state index contributed by atoms with van der Waals surface area (Å²) in [6, 6.07) is 23.2. The van der Waals surface area contributed by atoms with Gasteiger partial charge in [0.25, 0.3) is 0 Å². The van der Waals surface area contributed by atoms with Gasteiger partial charge in [-0.2, -0.15) is 0 Å². The molecule has 0 unspecified atom stereocenters. The largest absolute Gasteiger partial charge is 0.493 e. The normalized spacial score (nSPS) is 15.6. The number of Topliss-reactive ketones (excluding diaryl/α,β-unsaturated/α-hetero) is 1. The third-order valence-corrected chi connectivity index (χ3v) is 9.18. The maximum atomic E-state index is 13.3. The van der Waals surface area contributed by atoms with Crippen LogP contribution < -0.4 is 4.74 Å². The number of ketones is 1. The molecule has 6 heteroatoms. The Morgan fingerprint density at radius 1 is 0.941 bits per heavy atom. The van der Waals surface area contributed by atoms with Crippen LogP contribution in [-0.4, -0.2) is 38.8 Å². The van der Waals surface area contributed by atoms with E-state index in [1.54, 1.807) is 12.1 Å². The van der Waals surface area contributed by atoms with Crippen molar-refractivity contribution in [1.82, 2.24) is 0 Å². The Morgan fingerprint density at radius 2 is 1.62 bits per heavy atom. The highest BCUT2D eigenvalue weighted by Crippen LogP contribution is 2.36. The first-order valence-electron chi connectivity index (χ1n) is 11.5. The van der Waals surface area contributed by atoms with Crippen molar-refractivity contribution in [2.75, 3.05) is 19.8 Å². The first-order valence-corrected chi connectivity index (χ1v) is 13.0. The molecule has 1 fully saturated rings. The summed E-state index contributed by atoms with van der Waals surface area (Å²) in [6.07, 6.45) is 1.10. The van der Waals surface area contributed by atoms with Gasteiger partial charge in [0.2, 0.25) is 0 Å². The zero-order valence-electron chi connectivity index (χ0n) is 19.6. The molecular weight excluding hydrogens is 448 g/mol. The molecule has 0 spiro atoms. The summed E-state index contributed by atoms with van der Waals surface area (Å²) in [5, 5.41) is 0. The summed E-state index contributed by atoms with van der Waals surface area (Å²) < 4.78 is 36.4. The topological polar surface area (TPSA) is 69.7 Å². The predicted molar refractivity (Wildman–Crippen MR) is 133 cm³/mol. The molecule has 4 rings (SSSR count). The van der Waals surface area contributed by atoms with Crippen LogP contribution in [0.5, 0.6) is 5.75 Å². The number of ether oxygens (including phenoxy) is 2. The average molecular weight is 479 g/mol. The fourth-order valence-electron chi connectivity index (χ4n) is 4.39. The second kappa shape index (κ2) is 10.1. The molecular formula is C28H30O5S. The molecule has 0 atom stereocenters. The molecule has 1 aliphatic rings. The molecule has 0 bridgehead atoms. The minimum absolute atomic E-state index is 0.141. The van der Waals surface area contributed by atoms with Crippen LogP contribution in [-0.2, 0) is 25.8 Å². The Morgan fingerprint density at radius 3 is 2.26 bits per heavy atom. The van der Waals surface area contributed by atoms with E-state index in [0.29, 0.717) is 12.4 Å². The van der Waals surface area contributed by atoms with Crippen molar-refractivity contribution < 1.29 is 22.7 Å². The highest BCUT2D eigenvalue weighted by atomic mass is 32.2. The van der Waals surface area contributed by atoms with Crippen LogP contribution in [0.3, 0.4) is 0 Å². The molecule has 0 aliphatic carbocycles. The number of hydrogen-bond acceptors (Lipinski definition) is 5. The third-order valence-electron chi connectivity index (χ3n) is 6.56. The summed E-state index contributed by atoms with van der Waals surface area (Å²) in [7, 11) is -3.82. The lowest BCUT2D eigenvalue weighted by Gasteiger charge is -2.34. The van der Waals surface area contributed by atoms with E-state index in [2.05, 4.69) is 49.4 Å². The van der Waals surface area contributed by atoms with Gasteiger partial charge in [0.1, 0.15) is 10.5 Å². The monoisotopic (exact) mass is 478 g/mol. The molecule has 3 aromatic rings.